The molecule has 3 N–H and O–H groups in total. The predicted octanol–water partition coefficient (Wildman–Crippen LogP) is 2.10. The lowest BCUT2D eigenvalue weighted by atomic mass is 10.0. The van der Waals surface area contributed by atoms with Gasteiger partial charge >= 0.3 is 0 Å². The van der Waals surface area contributed by atoms with Crippen molar-refractivity contribution in [1.82, 2.24) is 4.98 Å². The molecule has 0 spiro atoms. The van der Waals surface area contributed by atoms with E-state index in [2.05, 4.69) is 17.1 Å². The molecule has 0 atom stereocenters. The molecular formula is C15H17N3O. The molecule has 0 aliphatic carbocycles. The number of benzene rings is 1. The molecule has 1 aromatic carbocycles. The highest BCUT2D eigenvalue weighted by atomic mass is 16.5. The van der Waals surface area contributed by atoms with Crippen LogP contribution in [-0.4, -0.2) is 18.0 Å². The maximum absolute atomic E-state index is 7.63. The highest BCUT2D eigenvalue weighted by molar-refractivity contribution is 5.91. The van der Waals surface area contributed by atoms with Gasteiger partial charge in [-0.3, -0.25) is 10.4 Å². The van der Waals surface area contributed by atoms with Gasteiger partial charge in [0, 0.05) is 18.9 Å². The zero-order valence-electron chi connectivity index (χ0n) is 10.9. The lowest BCUT2D eigenvalue weighted by Crippen LogP contribution is -2.03. The van der Waals surface area contributed by atoms with Crippen LogP contribution in [0.5, 0.6) is 0 Å². The largest absolute Gasteiger partial charge is 0.481 e. The smallest absolute Gasteiger partial charge is 0.214 e. The van der Waals surface area contributed by atoms with Gasteiger partial charge < -0.3 is 10.5 Å². The second-order valence-electron chi connectivity index (χ2n) is 4.31. The third-order valence-corrected chi connectivity index (χ3v) is 2.93. The highest BCUT2D eigenvalue weighted by Crippen LogP contribution is 2.12. The normalized spacial score (nSPS) is 10.2. The Morgan fingerprint density at radius 2 is 1.84 bits per heavy atom. The van der Waals surface area contributed by atoms with Gasteiger partial charge in [-0.15, -0.1) is 0 Å². The Labute approximate surface area is 112 Å². The summed E-state index contributed by atoms with van der Waals surface area (Å²) in [5.74, 6) is 0.132. The van der Waals surface area contributed by atoms with Crippen LogP contribution in [-0.2, 0) is 17.7 Å². The van der Waals surface area contributed by atoms with Crippen LogP contribution in [0.2, 0.25) is 0 Å². The van der Waals surface area contributed by atoms with Crippen molar-refractivity contribution >= 4 is 5.90 Å². The number of methoxy groups -OCH3 is 1. The average Bonchev–Trinajstić information content (AvgIpc) is 2.47. The third kappa shape index (κ3) is 3.39. The molecule has 19 heavy (non-hydrogen) atoms. The molecule has 1 heterocycles. The van der Waals surface area contributed by atoms with Gasteiger partial charge in [0.15, 0.2) is 0 Å². The van der Waals surface area contributed by atoms with E-state index < -0.39 is 0 Å². The summed E-state index contributed by atoms with van der Waals surface area (Å²) in [6, 6.07) is 10.1. The fourth-order valence-corrected chi connectivity index (χ4v) is 1.86. The summed E-state index contributed by atoms with van der Waals surface area (Å²) < 4.78 is 4.90. The van der Waals surface area contributed by atoms with Crippen LogP contribution >= 0.6 is 0 Å². The summed E-state index contributed by atoms with van der Waals surface area (Å²) in [5, 5.41) is 7.63. The molecule has 98 valence electrons. The maximum atomic E-state index is 7.63. The van der Waals surface area contributed by atoms with Gasteiger partial charge in [-0.05, 0) is 29.2 Å². The van der Waals surface area contributed by atoms with E-state index in [4.69, 9.17) is 15.9 Å². The van der Waals surface area contributed by atoms with Crippen molar-refractivity contribution in [3.63, 3.8) is 0 Å². The van der Waals surface area contributed by atoms with E-state index in [1.54, 1.807) is 6.20 Å². The molecule has 0 amide bonds. The number of pyridine rings is 1. The minimum Gasteiger partial charge on any atom is -0.481 e. The molecule has 0 unspecified atom stereocenters. The van der Waals surface area contributed by atoms with Crippen LogP contribution in [0.4, 0.5) is 0 Å². The molecule has 0 aliphatic heterocycles. The summed E-state index contributed by atoms with van der Waals surface area (Å²) >= 11 is 0. The Balaban J connectivity index is 2.16. The van der Waals surface area contributed by atoms with Crippen LogP contribution in [0.1, 0.15) is 22.3 Å². The summed E-state index contributed by atoms with van der Waals surface area (Å²) in [5.41, 5.74) is 9.64. The number of aromatic nitrogens is 1. The first-order valence-electron chi connectivity index (χ1n) is 6.07. The van der Waals surface area contributed by atoms with E-state index in [-0.39, 0.29) is 5.90 Å². The Bertz CT molecular complexity index is 564. The number of rotatable bonds is 4. The first-order chi connectivity index (χ1) is 9.22. The van der Waals surface area contributed by atoms with E-state index in [1.165, 1.54) is 12.7 Å². The molecule has 0 aliphatic rings. The van der Waals surface area contributed by atoms with Gasteiger partial charge in [-0.2, -0.15) is 0 Å². The standard InChI is InChI=1S/C15H17N3O/c1-19-15(17)14-7-13(9-18-10-14)6-11-2-4-12(8-16)5-3-11/h2-5,7,9-10,17H,6,8,16H2,1H3. The van der Waals surface area contributed by atoms with Gasteiger partial charge in [-0.25, -0.2) is 0 Å². The van der Waals surface area contributed by atoms with Crippen molar-refractivity contribution < 1.29 is 4.74 Å². The molecule has 0 bridgehead atoms. The van der Waals surface area contributed by atoms with E-state index in [1.807, 2.05) is 24.4 Å². The number of nitrogens with two attached hydrogens (primary N) is 1. The molecule has 0 radical (unpaired) electrons. The number of nitrogens with one attached hydrogen (secondary N) is 1. The minimum atomic E-state index is 0.132. The Kier molecular flexibility index (Phi) is 4.26. The van der Waals surface area contributed by atoms with Crippen molar-refractivity contribution in [2.75, 3.05) is 7.11 Å². The number of ether oxygens (including phenoxy) is 1. The third-order valence-electron chi connectivity index (χ3n) is 2.93. The maximum Gasteiger partial charge on any atom is 0.214 e. The summed E-state index contributed by atoms with van der Waals surface area (Å²) in [6.45, 7) is 0.558. The molecule has 0 fully saturated rings. The topological polar surface area (TPSA) is 72.0 Å². The molecule has 2 aromatic rings. The predicted molar refractivity (Wildman–Crippen MR) is 75.2 cm³/mol. The second-order valence-corrected chi connectivity index (χ2v) is 4.31. The number of nitrogens with zero attached hydrogens (tertiary/aromatic N) is 1. The molecular weight excluding hydrogens is 238 g/mol. The number of hydrogen-bond acceptors (Lipinski definition) is 4. The van der Waals surface area contributed by atoms with Gasteiger partial charge in [0.25, 0.3) is 0 Å². The first-order valence-corrected chi connectivity index (χ1v) is 6.07. The summed E-state index contributed by atoms with van der Waals surface area (Å²) in [6.07, 6.45) is 4.22. The Morgan fingerprint density at radius 1 is 1.16 bits per heavy atom. The molecule has 2 rings (SSSR count). The van der Waals surface area contributed by atoms with Crippen molar-refractivity contribution in [2.45, 2.75) is 13.0 Å². The monoisotopic (exact) mass is 255 g/mol. The van der Waals surface area contributed by atoms with Gasteiger partial charge in [-0.1, -0.05) is 24.3 Å². The zero-order valence-corrected chi connectivity index (χ0v) is 10.9. The zero-order chi connectivity index (χ0) is 13.7. The van der Waals surface area contributed by atoms with Crippen molar-refractivity contribution in [3.8, 4) is 0 Å². The van der Waals surface area contributed by atoms with E-state index in [0.717, 1.165) is 17.5 Å². The van der Waals surface area contributed by atoms with E-state index in [0.29, 0.717) is 12.1 Å². The van der Waals surface area contributed by atoms with Gasteiger partial charge in [0.05, 0.1) is 12.7 Å². The Morgan fingerprint density at radius 3 is 2.47 bits per heavy atom. The van der Waals surface area contributed by atoms with Gasteiger partial charge in [0.1, 0.15) is 0 Å². The van der Waals surface area contributed by atoms with Gasteiger partial charge in [0.2, 0.25) is 5.90 Å². The highest BCUT2D eigenvalue weighted by Gasteiger charge is 2.04. The minimum absolute atomic E-state index is 0.132. The fourth-order valence-electron chi connectivity index (χ4n) is 1.86. The molecule has 0 saturated carbocycles. The molecule has 4 heteroatoms. The van der Waals surface area contributed by atoms with Crippen LogP contribution < -0.4 is 5.73 Å². The lowest BCUT2D eigenvalue weighted by molar-refractivity contribution is 0.401. The van der Waals surface area contributed by atoms with Crippen LogP contribution in [0.25, 0.3) is 0 Å². The fraction of sp³-hybridized carbons (Fsp3) is 0.200. The van der Waals surface area contributed by atoms with Crippen molar-refractivity contribution in [1.29, 1.82) is 5.41 Å². The average molecular weight is 255 g/mol. The summed E-state index contributed by atoms with van der Waals surface area (Å²) in [7, 11) is 1.49. The van der Waals surface area contributed by atoms with Crippen LogP contribution in [0.15, 0.2) is 42.7 Å². The van der Waals surface area contributed by atoms with E-state index in [9.17, 15) is 0 Å². The number of hydrogen-bond donors (Lipinski definition) is 2. The molecule has 0 saturated heterocycles. The Hall–Kier alpha value is -2.20. The van der Waals surface area contributed by atoms with Crippen molar-refractivity contribution in [3.05, 3.63) is 65.0 Å². The molecule has 1 aromatic heterocycles. The molecule has 4 nitrogen and oxygen atoms in total. The van der Waals surface area contributed by atoms with Crippen LogP contribution in [0.3, 0.4) is 0 Å². The van der Waals surface area contributed by atoms with Crippen molar-refractivity contribution in [2.24, 2.45) is 5.73 Å². The summed E-state index contributed by atoms with van der Waals surface area (Å²) in [4.78, 5) is 4.14. The van der Waals surface area contributed by atoms with E-state index >= 15 is 0 Å². The first kappa shape index (κ1) is 13.2. The second kappa shape index (κ2) is 6.11. The SMILES string of the molecule is COC(=N)c1cncc(Cc2ccc(CN)cc2)c1. The lowest BCUT2D eigenvalue weighted by Gasteiger charge is -2.06. The van der Waals surface area contributed by atoms with Crippen LogP contribution in [0, 0.1) is 5.41 Å². The quantitative estimate of drug-likeness (QED) is 0.649.